The molecule has 0 aliphatic carbocycles. The Morgan fingerprint density at radius 2 is 1.57 bits per heavy atom. The molecular formula is C29H21ClN2O5. The quantitative estimate of drug-likeness (QED) is 0.221. The Kier molecular flexibility index (Phi) is 5.46. The van der Waals surface area contributed by atoms with Crippen molar-refractivity contribution in [2.75, 3.05) is 9.80 Å². The molecule has 3 heterocycles. The number of carbonyl (C=O) groups excluding carboxylic acids is 4. The van der Waals surface area contributed by atoms with E-state index in [9.17, 15) is 19.2 Å². The molecule has 0 unspecified atom stereocenters. The van der Waals surface area contributed by atoms with Gasteiger partial charge in [0.25, 0.3) is 0 Å². The largest absolute Gasteiger partial charge is 0.424 e. The Balaban J connectivity index is 1.52. The van der Waals surface area contributed by atoms with Crippen LogP contribution in [0, 0.1) is 11.8 Å². The van der Waals surface area contributed by atoms with Gasteiger partial charge in [0.1, 0.15) is 6.04 Å². The van der Waals surface area contributed by atoms with Gasteiger partial charge >= 0.3 is 5.97 Å². The molecule has 3 aliphatic heterocycles. The van der Waals surface area contributed by atoms with Gasteiger partial charge in [0.15, 0.2) is 11.5 Å². The lowest BCUT2D eigenvalue weighted by Gasteiger charge is -2.37. The third kappa shape index (κ3) is 3.57. The number of ether oxygens (including phenoxy) is 1. The van der Waals surface area contributed by atoms with Crippen molar-refractivity contribution in [2.45, 2.75) is 19.0 Å². The van der Waals surface area contributed by atoms with Crippen molar-refractivity contribution in [1.29, 1.82) is 0 Å². The monoisotopic (exact) mass is 512 g/mol. The number of carbonyl (C=O) groups is 4. The number of amides is 2. The Morgan fingerprint density at radius 3 is 2.27 bits per heavy atom. The summed E-state index contributed by atoms with van der Waals surface area (Å²) in [5.41, 5.74) is 2.09. The first-order valence-corrected chi connectivity index (χ1v) is 12.2. The third-order valence-electron chi connectivity index (χ3n) is 7.15. The Morgan fingerprint density at radius 1 is 0.865 bits per heavy atom. The zero-order chi connectivity index (χ0) is 25.8. The predicted molar refractivity (Wildman–Crippen MR) is 139 cm³/mol. The number of hydrogen-bond donors (Lipinski definition) is 0. The van der Waals surface area contributed by atoms with Crippen LogP contribution in [0.25, 0.3) is 6.08 Å². The number of fused-ring (bicyclic) bond motifs is 5. The number of ketones is 1. The van der Waals surface area contributed by atoms with E-state index < -0.39 is 35.8 Å². The number of halogens is 1. The summed E-state index contributed by atoms with van der Waals surface area (Å²) >= 11 is 6.02. The molecule has 0 radical (unpaired) electrons. The normalized spacial score (nSPS) is 23.5. The molecule has 0 aromatic heterocycles. The van der Waals surface area contributed by atoms with E-state index in [1.165, 1.54) is 6.92 Å². The van der Waals surface area contributed by atoms with Crippen LogP contribution in [0.5, 0.6) is 5.75 Å². The van der Waals surface area contributed by atoms with Gasteiger partial charge in [0.2, 0.25) is 11.8 Å². The molecule has 37 heavy (non-hydrogen) atoms. The second-order valence-corrected chi connectivity index (χ2v) is 9.70. The van der Waals surface area contributed by atoms with Crippen LogP contribution in [0.3, 0.4) is 0 Å². The molecule has 6 rings (SSSR count). The van der Waals surface area contributed by atoms with Gasteiger partial charge in [0.05, 0.1) is 29.3 Å². The number of hydrogen-bond acceptors (Lipinski definition) is 6. The van der Waals surface area contributed by atoms with Gasteiger partial charge in [0, 0.05) is 23.1 Å². The van der Waals surface area contributed by atoms with Crippen molar-refractivity contribution in [3.8, 4) is 5.75 Å². The molecule has 0 bridgehead atoms. The molecule has 184 valence electrons. The van der Waals surface area contributed by atoms with Gasteiger partial charge in [-0.25, -0.2) is 4.90 Å². The van der Waals surface area contributed by atoms with Crippen LogP contribution in [-0.2, 0) is 14.4 Å². The fraction of sp³-hybridized carbons (Fsp3) is 0.172. The van der Waals surface area contributed by atoms with E-state index in [1.807, 2.05) is 18.2 Å². The smallest absolute Gasteiger partial charge is 0.308 e. The molecule has 2 fully saturated rings. The molecule has 7 nitrogen and oxygen atoms in total. The summed E-state index contributed by atoms with van der Waals surface area (Å²) in [5.74, 6) is -3.06. The molecule has 2 saturated heterocycles. The fourth-order valence-corrected chi connectivity index (χ4v) is 5.86. The van der Waals surface area contributed by atoms with Crippen molar-refractivity contribution in [2.24, 2.45) is 11.8 Å². The molecule has 0 N–H and O–H groups in total. The Labute approximate surface area is 217 Å². The highest BCUT2D eigenvalue weighted by atomic mass is 35.5. The van der Waals surface area contributed by atoms with Crippen LogP contribution in [0.2, 0.25) is 5.02 Å². The minimum Gasteiger partial charge on any atom is -0.424 e. The minimum atomic E-state index is -0.980. The number of nitrogens with zero attached hydrogens (tertiary/aromatic N) is 2. The molecule has 3 aliphatic rings. The summed E-state index contributed by atoms with van der Waals surface area (Å²) in [7, 11) is 0. The minimum absolute atomic E-state index is 0.277. The number of rotatable bonds is 4. The van der Waals surface area contributed by atoms with Gasteiger partial charge < -0.3 is 9.64 Å². The molecule has 3 aromatic carbocycles. The maximum atomic E-state index is 14.1. The second kappa shape index (κ2) is 8.71. The number of anilines is 2. The summed E-state index contributed by atoms with van der Waals surface area (Å²) < 4.78 is 5.51. The van der Waals surface area contributed by atoms with E-state index in [0.717, 1.165) is 10.5 Å². The Bertz CT molecular complexity index is 1480. The lowest BCUT2D eigenvalue weighted by Crippen LogP contribution is -2.49. The number of Topliss-reactive ketones (excluding diaryl/α,β-unsaturated/α-hetero) is 1. The lowest BCUT2D eigenvalue weighted by molar-refractivity contribution is -0.132. The molecular weight excluding hydrogens is 492 g/mol. The first-order chi connectivity index (χ1) is 17.9. The van der Waals surface area contributed by atoms with Crippen molar-refractivity contribution in [3.05, 3.63) is 95.0 Å². The van der Waals surface area contributed by atoms with E-state index in [4.69, 9.17) is 16.3 Å². The number of imide groups is 1. The van der Waals surface area contributed by atoms with Crippen LogP contribution in [0.1, 0.15) is 22.8 Å². The van der Waals surface area contributed by atoms with Crippen molar-refractivity contribution >= 4 is 52.6 Å². The summed E-state index contributed by atoms with van der Waals surface area (Å²) in [6.45, 7) is 1.30. The van der Waals surface area contributed by atoms with E-state index in [0.29, 0.717) is 22.0 Å². The zero-order valence-corrected chi connectivity index (χ0v) is 20.5. The van der Waals surface area contributed by atoms with Crippen LogP contribution >= 0.6 is 11.6 Å². The average Bonchev–Trinajstić information content (AvgIpc) is 3.37. The van der Waals surface area contributed by atoms with E-state index in [-0.39, 0.29) is 17.4 Å². The second-order valence-electron chi connectivity index (χ2n) is 9.26. The lowest BCUT2D eigenvalue weighted by atomic mass is 9.86. The first kappa shape index (κ1) is 23.2. The zero-order valence-electron chi connectivity index (χ0n) is 19.7. The van der Waals surface area contributed by atoms with Gasteiger partial charge in [-0.15, -0.1) is 0 Å². The molecule has 2 amide bonds. The molecule has 0 saturated carbocycles. The van der Waals surface area contributed by atoms with E-state index >= 15 is 0 Å². The van der Waals surface area contributed by atoms with Gasteiger partial charge in [-0.05, 0) is 30.3 Å². The first-order valence-electron chi connectivity index (χ1n) is 11.9. The van der Waals surface area contributed by atoms with Crippen molar-refractivity contribution in [3.63, 3.8) is 0 Å². The Hall–Kier alpha value is -4.23. The van der Waals surface area contributed by atoms with Crippen LogP contribution in [0.4, 0.5) is 11.4 Å². The molecule has 0 spiro atoms. The molecule has 8 heteroatoms. The number of para-hydroxylation sites is 1. The van der Waals surface area contributed by atoms with E-state index in [1.54, 1.807) is 71.6 Å². The van der Waals surface area contributed by atoms with Gasteiger partial charge in [-0.3, -0.25) is 19.2 Å². The summed E-state index contributed by atoms with van der Waals surface area (Å²) in [5, 5.41) is 0.483. The van der Waals surface area contributed by atoms with Crippen molar-refractivity contribution in [1.82, 2.24) is 0 Å². The highest BCUT2D eigenvalue weighted by molar-refractivity contribution is 6.31. The van der Waals surface area contributed by atoms with E-state index in [2.05, 4.69) is 0 Å². The maximum Gasteiger partial charge on any atom is 0.308 e. The topological polar surface area (TPSA) is 84.0 Å². The summed E-state index contributed by atoms with van der Waals surface area (Å²) in [6.07, 6.45) is 3.70. The van der Waals surface area contributed by atoms with Gasteiger partial charge in [-0.1, -0.05) is 66.2 Å². The van der Waals surface area contributed by atoms with Crippen molar-refractivity contribution < 1.29 is 23.9 Å². The van der Waals surface area contributed by atoms with Crippen LogP contribution in [-0.4, -0.2) is 35.7 Å². The number of esters is 1. The molecule has 4 atom stereocenters. The highest BCUT2D eigenvalue weighted by Crippen LogP contribution is 2.52. The number of benzene rings is 3. The highest BCUT2D eigenvalue weighted by Gasteiger charge is 2.64. The predicted octanol–water partition coefficient (Wildman–Crippen LogP) is 4.54. The fourth-order valence-electron chi connectivity index (χ4n) is 5.73. The maximum absolute atomic E-state index is 14.1. The average molecular weight is 513 g/mol. The molecule has 3 aromatic rings. The standard InChI is InChI=1S/C29H21ClN2O5/c1-16(33)37-22-9-5-8-17-10-15-21-23-24(29(36)31(28(23)35)20-13-11-19(30)12-14-20)26(32(21)25(17)22)27(34)18-6-3-2-4-7-18/h2-15,21,23-24,26H,1H3/t21-,23+,24-,26-/m1/s1. The summed E-state index contributed by atoms with van der Waals surface area (Å²) in [4.78, 5) is 56.7. The van der Waals surface area contributed by atoms with Crippen LogP contribution in [0.15, 0.2) is 78.9 Å². The van der Waals surface area contributed by atoms with Crippen LogP contribution < -0.4 is 14.5 Å². The SMILES string of the molecule is CC(=O)Oc1cccc2c1N1[C@H](C=C2)[C@@H]2C(=O)N(c3ccc(Cl)cc3)C(=O)[C@H]2[C@@H]1C(=O)c1ccccc1. The summed E-state index contributed by atoms with van der Waals surface area (Å²) in [6, 6.07) is 18.9. The third-order valence-corrected chi connectivity index (χ3v) is 7.41. The van der Waals surface area contributed by atoms with Gasteiger partial charge in [-0.2, -0.15) is 0 Å².